The van der Waals surface area contributed by atoms with Gasteiger partial charge in [0.05, 0.1) is 18.0 Å². The number of carbonyl (C=O) groups excluding carboxylic acids is 1. The van der Waals surface area contributed by atoms with Crippen LogP contribution in [0.15, 0.2) is 40.2 Å². The largest absolute Gasteiger partial charge is 0.350 e. The summed E-state index contributed by atoms with van der Waals surface area (Å²) >= 11 is 0. The molecule has 0 aliphatic rings. The molecular weight excluding hydrogens is 336 g/mol. The van der Waals surface area contributed by atoms with Crippen molar-refractivity contribution in [3.8, 4) is 6.07 Å². The number of hydrogen-bond donors (Lipinski definition) is 1. The van der Waals surface area contributed by atoms with Gasteiger partial charge in [-0.15, -0.1) is 0 Å². The second-order valence-electron chi connectivity index (χ2n) is 5.85. The Morgan fingerprint density at radius 2 is 1.92 bits per heavy atom. The van der Waals surface area contributed by atoms with Gasteiger partial charge in [0.1, 0.15) is 6.54 Å². The number of carbonyl (C=O) groups is 1. The molecule has 2 heterocycles. The highest BCUT2D eigenvalue weighted by Gasteiger charge is 2.16. The van der Waals surface area contributed by atoms with E-state index in [2.05, 4.69) is 10.3 Å². The third kappa shape index (κ3) is 3.00. The number of fused-ring (bicyclic) bond motifs is 1. The van der Waals surface area contributed by atoms with E-state index in [-0.39, 0.29) is 24.3 Å². The molecule has 1 N–H and O–H groups in total. The van der Waals surface area contributed by atoms with Crippen LogP contribution >= 0.6 is 0 Å². The number of aromatic nitrogens is 4. The van der Waals surface area contributed by atoms with Gasteiger partial charge in [0.15, 0.2) is 11.2 Å². The molecule has 0 aliphatic carbocycles. The summed E-state index contributed by atoms with van der Waals surface area (Å²) in [6.07, 6.45) is 1.45. The van der Waals surface area contributed by atoms with Crippen LogP contribution < -0.4 is 16.6 Å². The van der Waals surface area contributed by atoms with Crippen molar-refractivity contribution in [2.75, 3.05) is 0 Å². The molecule has 0 radical (unpaired) electrons. The number of nitrogens with zero attached hydrogens (tertiary/aromatic N) is 5. The van der Waals surface area contributed by atoms with Crippen molar-refractivity contribution in [3.05, 3.63) is 62.6 Å². The van der Waals surface area contributed by atoms with E-state index in [1.54, 1.807) is 31.3 Å². The van der Waals surface area contributed by atoms with Crippen LogP contribution in [0.2, 0.25) is 0 Å². The molecule has 0 bridgehead atoms. The van der Waals surface area contributed by atoms with Crippen LogP contribution in [0.3, 0.4) is 0 Å². The number of hydrogen-bond acceptors (Lipinski definition) is 5. The molecule has 0 saturated heterocycles. The first-order chi connectivity index (χ1) is 12.4. The standard InChI is InChI=1S/C17H16N6O3/c1-21-10-20-15-14(21)16(25)23(17(26)22(15)2)9-13(24)19-8-12-5-3-11(7-18)4-6-12/h3-6,10H,8-9H2,1-2H3,(H,19,24). The fraction of sp³-hybridized carbons (Fsp3) is 0.235. The van der Waals surface area contributed by atoms with E-state index in [0.29, 0.717) is 5.56 Å². The number of amides is 1. The molecule has 0 spiro atoms. The quantitative estimate of drug-likeness (QED) is 0.687. The smallest absolute Gasteiger partial charge is 0.332 e. The maximum atomic E-state index is 12.5. The zero-order valence-electron chi connectivity index (χ0n) is 14.3. The van der Waals surface area contributed by atoms with Crippen LogP contribution in [0.4, 0.5) is 0 Å². The Bertz CT molecular complexity index is 1140. The van der Waals surface area contributed by atoms with E-state index < -0.39 is 17.2 Å². The second kappa shape index (κ2) is 6.68. The molecule has 1 amide bonds. The number of nitriles is 1. The third-order valence-electron chi connectivity index (χ3n) is 4.08. The summed E-state index contributed by atoms with van der Waals surface area (Å²) in [6, 6.07) is 8.77. The average molecular weight is 352 g/mol. The van der Waals surface area contributed by atoms with E-state index in [1.807, 2.05) is 6.07 Å². The molecule has 2 aromatic heterocycles. The molecule has 26 heavy (non-hydrogen) atoms. The van der Waals surface area contributed by atoms with E-state index >= 15 is 0 Å². The monoisotopic (exact) mass is 352 g/mol. The van der Waals surface area contributed by atoms with Crippen molar-refractivity contribution in [2.45, 2.75) is 13.1 Å². The topological polar surface area (TPSA) is 115 Å². The van der Waals surface area contributed by atoms with Gasteiger partial charge in [-0.05, 0) is 17.7 Å². The van der Waals surface area contributed by atoms with Crippen molar-refractivity contribution >= 4 is 17.1 Å². The van der Waals surface area contributed by atoms with Crippen LogP contribution in [-0.4, -0.2) is 24.6 Å². The lowest BCUT2D eigenvalue weighted by atomic mass is 10.1. The van der Waals surface area contributed by atoms with Crippen molar-refractivity contribution in [2.24, 2.45) is 14.1 Å². The predicted octanol–water partition coefficient (Wildman–Crippen LogP) is -0.378. The van der Waals surface area contributed by atoms with Gasteiger partial charge in [0.2, 0.25) is 5.91 Å². The predicted molar refractivity (Wildman–Crippen MR) is 93.2 cm³/mol. The zero-order valence-corrected chi connectivity index (χ0v) is 14.3. The molecule has 3 rings (SSSR count). The maximum Gasteiger partial charge on any atom is 0.332 e. The highest BCUT2D eigenvalue weighted by atomic mass is 16.2. The molecule has 0 fully saturated rings. The number of benzene rings is 1. The van der Waals surface area contributed by atoms with Crippen LogP contribution in [0.5, 0.6) is 0 Å². The van der Waals surface area contributed by atoms with Gasteiger partial charge in [-0.1, -0.05) is 12.1 Å². The molecular formula is C17H16N6O3. The fourth-order valence-corrected chi connectivity index (χ4v) is 2.63. The number of nitrogens with one attached hydrogen (secondary N) is 1. The molecule has 9 nitrogen and oxygen atoms in total. The van der Waals surface area contributed by atoms with E-state index in [0.717, 1.165) is 10.1 Å². The average Bonchev–Trinajstić information content (AvgIpc) is 3.04. The fourth-order valence-electron chi connectivity index (χ4n) is 2.63. The summed E-state index contributed by atoms with van der Waals surface area (Å²) in [5.41, 5.74) is 0.703. The molecule has 1 aromatic carbocycles. The van der Waals surface area contributed by atoms with Gasteiger partial charge in [-0.2, -0.15) is 5.26 Å². The Balaban J connectivity index is 1.81. The Labute approximate surface area is 147 Å². The van der Waals surface area contributed by atoms with E-state index in [4.69, 9.17) is 5.26 Å². The first-order valence-electron chi connectivity index (χ1n) is 7.79. The molecule has 3 aromatic rings. The number of imidazole rings is 1. The molecule has 132 valence electrons. The summed E-state index contributed by atoms with van der Waals surface area (Å²) in [4.78, 5) is 41.1. The molecule has 0 saturated carbocycles. The van der Waals surface area contributed by atoms with Gasteiger partial charge in [-0.3, -0.25) is 14.2 Å². The summed E-state index contributed by atoms with van der Waals surface area (Å²) in [6.45, 7) is -0.156. The van der Waals surface area contributed by atoms with Gasteiger partial charge in [0, 0.05) is 20.6 Å². The van der Waals surface area contributed by atoms with Crippen molar-refractivity contribution in [3.63, 3.8) is 0 Å². The summed E-state index contributed by atoms with van der Waals surface area (Å²) in [5.74, 6) is -0.463. The molecule has 0 aliphatic heterocycles. The lowest BCUT2D eigenvalue weighted by Gasteiger charge is -2.09. The van der Waals surface area contributed by atoms with Gasteiger partial charge >= 0.3 is 5.69 Å². The SMILES string of the molecule is Cn1cnc2c1c(=O)n(CC(=O)NCc1ccc(C#N)cc1)c(=O)n2C. The van der Waals surface area contributed by atoms with Crippen molar-refractivity contribution < 1.29 is 4.79 Å². The summed E-state index contributed by atoms with van der Waals surface area (Å²) < 4.78 is 3.64. The Hall–Kier alpha value is -3.67. The zero-order chi connectivity index (χ0) is 18.8. The maximum absolute atomic E-state index is 12.5. The number of aryl methyl sites for hydroxylation is 2. The minimum absolute atomic E-state index is 0.230. The molecule has 0 atom stereocenters. The Kier molecular flexibility index (Phi) is 4.41. The molecule has 0 unspecified atom stereocenters. The Morgan fingerprint density at radius 3 is 2.58 bits per heavy atom. The van der Waals surface area contributed by atoms with Crippen molar-refractivity contribution in [1.29, 1.82) is 5.26 Å². The highest BCUT2D eigenvalue weighted by molar-refractivity contribution is 5.76. The van der Waals surface area contributed by atoms with E-state index in [1.165, 1.54) is 22.5 Å². The lowest BCUT2D eigenvalue weighted by molar-refractivity contribution is -0.121. The summed E-state index contributed by atoms with van der Waals surface area (Å²) in [7, 11) is 3.15. The molecule has 9 heteroatoms. The van der Waals surface area contributed by atoms with Gasteiger partial charge < -0.3 is 9.88 Å². The van der Waals surface area contributed by atoms with Crippen LogP contribution in [0, 0.1) is 11.3 Å². The highest BCUT2D eigenvalue weighted by Crippen LogP contribution is 2.04. The van der Waals surface area contributed by atoms with Gasteiger partial charge in [0.25, 0.3) is 5.56 Å². The van der Waals surface area contributed by atoms with Crippen LogP contribution in [-0.2, 0) is 32.0 Å². The number of rotatable bonds is 4. The van der Waals surface area contributed by atoms with Gasteiger partial charge in [-0.25, -0.2) is 14.3 Å². The normalized spacial score (nSPS) is 10.7. The Morgan fingerprint density at radius 1 is 1.23 bits per heavy atom. The first-order valence-corrected chi connectivity index (χ1v) is 7.79. The van der Waals surface area contributed by atoms with Crippen LogP contribution in [0.1, 0.15) is 11.1 Å². The van der Waals surface area contributed by atoms with Crippen LogP contribution in [0.25, 0.3) is 11.2 Å². The minimum atomic E-state index is -0.602. The lowest BCUT2D eigenvalue weighted by Crippen LogP contribution is -2.43. The van der Waals surface area contributed by atoms with E-state index in [9.17, 15) is 14.4 Å². The van der Waals surface area contributed by atoms with Crippen molar-refractivity contribution in [1.82, 2.24) is 24.0 Å². The third-order valence-corrected chi connectivity index (χ3v) is 4.08. The second-order valence-corrected chi connectivity index (χ2v) is 5.85. The minimum Gasteiger partial charge on any atom is -0.350 e. The summed E-state index contributed by atoms with van der Waals surface area (Å²) in [5, 5.41) is 11.4. The first kappa shape index (κ1) is 17.2.